The Kier molecular flexibility index (Phi) is 6.42. The average molecular weight is 409 g/mol. The molecular weight excluding hydrogens is 393 g/mol. The van der Waals surface area contributed by atoms with Gasteiger partial charge in [-0.3, -0.25) is 19.3 Å². The minimum Gasteiger partial charge on any atom is -0.350 e. The van der Waals surface area contributed by atoms with Gasteiger partial charge >= 0.3 is 0 Å². The third kappa shape index (κ3) is 4.89. The Morgan fingerprint density at radius 1 is 1.17 bits per heavy atom. The van der Waals surface area contributed by atoms with Gasteiger partial charge in [-0.2, -0.15) is 5.26 Å². The molecule has 1 aliphatic rings. The van der Waals surface area contributed by atoms with E-state index in [2.05, 4.69) is 5.32 Å². The van der Waals surface area contributed by atoms with Crippen molar-refractivity contribution in [2.45, 2.75) is 6.42 Å². The first-order valence-corrected chi connectivity index (χ1v) is 9.55. The van der Waals surface area contributed by atoms with Gasteiger partial charge in [-0.15, -0.1) is 0 Å². The van der Waals surface area contributed by atoms with Gasteiger partial charge in [0.05, 0.1) is 17.4 Å². The Labute approximate surface area is 171 Å². The maximum absolute atomic E-state index is 13.8. The molecule has 1 N–H and O–H groups in total. The van der Waals surface area contributed by atoms with E-state index in [1.165, 1.54) is 24.3 Å². The van der Waals surface area contributed by atoms with E-state index in [-0.39, 0.29) is 35.9 Å². The third-order valence-corrected chi connectivity index (χ3v) is 5.09. The SMILES string of the molecule is N#CCc1ccc(C(=O)NCCN2C(=O)SC(=Cc3ccccc3F)C2=O)cc1. The number of nitrogens with one attached hydrogen (secondary N) is 1. The van der Waals surface area contributed by atoms with E-state index in [0.717, 1.165) is 22.2 Å². The molecule has 1 heterocycles. The number of hydrogen-bond donors (Lipinski definition) is 1. The Morgan fingerprint density at radius 2 is 1.90 bits per heavy atom. The molecule has 3 amide bonds. The van der Waals surface area contributed by atoms with Crippen LogP contribution in [0.15, 0.2) is 53.4 Å². The number of thioether (sulfide) groups is 1. The summed E-state index contributed by atoms with van der Waals surface area (Å²) in [5.41, 5.74) is 1.45. The number of carbonyl (C=O) groups excluding carboxylic acids is 3. The maximum Gasteiger partial charge on any atom is 0.293 e. The number of nitriles is 1. The number of amides is 3. The monoisotopic (exact) mass is 409 g/mol. The molecule has 1 saturated heterocycles. The summed E-state index contributed by atoms with van der Waals surface area (Å²) >= 11 is 0.740. The lowest BCUT2D eigenvalue weighted by Crippen LogP contribution is -2.37. The fourth-order valence-electron chi connectivity index (χ4n) is 2.67. The fourth-order valence-corrected chi connectivity index (χ4v) is 3.53. The molecule has 0 unspecified atom stereocenters. The number of imide groups is 1. The zero-order valence-electron chi connectivity index (χ0n) is 15.2. The first kappa shape index (κ1) is 20.3. The van der Waals surface area contributed by atoms with Gasteiger partial charge in [0.2, 0.25) is 0 Å². The van der Waals surface area contributed by atoms with Gasteiger partial charge in [0.25, 0.3) is 17.1 Å². The summed E-state index contributed by atoms with van der Waals surface area (Å²) < 4.78 is 13.8. The van der Waals surface area contributed by atoms with Gasteiger partial charge in [0.15, 0.2) is 0 Å². The molecule has 0 aliphatic carbocycles. The first-order valence-electron chi connectivity index (χ1n) is 8.73. The van der Waals surface area contributed by atoms with E-state index >= 15 is 0 Å². The molecule has 0 bridgehead atoms. The fraction of sp³-hybridized carbons (Fsp3) is 0.143. The lowest BCUT2D eigenvalue weighted by molar-refractivity contribution is -0.122. The summed E-state index contributed by atoms with van der Waals surface area (Å²) in [5, 5.41) is 10.9. The molecule has 0 spiro atoms. The highest BCUT2D eigenvalue weighted by Gasteiger charge is 2.34. The van der Waals surface area contributed by atoms with Crippen LogP contribution in [0.3, 0.4) is 0 Å². The van der Waals surface area contributed by atoms with E-state index < -0.39 is 17.0 Å². The Hall–Kier alpha value is -3.44. The molecule has 1 fully saturated rings. The second kappa shape index (κ2) is 9.17. The molecule has 0 aromatic heterocycles. The number of carbonyl (C=O) groups is 3. The molecule has 3 rings (SSSR count). The molecule has 8 heteroatoms. The zero-order chi connectivity index (χ0) is 20.8. The van der Waals surface area contributed by atoms with Crippen molar-refractivity contribution in [3.8, 4) is 6.07 Å². The number of hydrogen-bond acceptors (Lipinski definition) is 5. The normalized spacial score (nSPS) is 14.9. The maximum atomic E-state index is 13.8. The first-order chi connectivity index (χ1) is 14.0. The molecule has 29 heavy (non-hydrogen) atoms. The second-order valence-electron chi connectivity index (χ2n) is 6.14. The van der Waals surface area contributed by atoms with Crippen LogP contribution in [0.2, 0.25) is 0 Å². The zero-order valence-corrected chi connectivity index (χ0v) is 16.0. The van der Waals surface area contributed by atoms with Crippen LogP contribution < -0.4 is 5.32 Å². The van der Waals surface area contributed by atoms with Gasteiger partial charge in [-0.05, 0) is 41.6 Å². The summed E-state index contributed by atoms with van der Waals surface area (Å²) in [6.45, 7) is 0.0985. The van der Waals surface area contributed by atoms with Crippen LogP contribution in [-0.2, 0) is 11.2 Å². The summed E-state index contributed by atoms with van der Waals surface area (Å²) in [5.74, 6) is -1.34. The number of halogens is 1. The van der Waals surface area contributed by atoms with E-state index in [0.29, 0.717) is 5.56 Å². The van der Waals surface area contributed by atoms with Gasteiger partial charge < -0.3 is 5.32 Å². The predicted molar refractivity (Wildman–Crippen MR) is 107 cm³/mol. The molecule has 0 atom stereocenters. The molecule has 6 nitrogen and oxygen atoms in total. The molecule has 0 radical (unpaired) electrons. The standard InChI is InChI=1S/C21H16FN3O3S/c22-17-4-2-1-3-16(17)13-18-20(27)25(21(28)29-18)12-11-24-19(26)15-7-5-14(6-8-15)9-10-23/h1-8,13H,9,11-12H2,(H,24,26). The number of nitrogens with zero attached hydrogens (tertiary/aromatic N) is 2. The third-order valence-electron chi connectivity index (χ3n) is 4.19. The number of rotatable bonds is 6. The minimum atomic E-state index is -0.515. The van der Waals surface area contributed by atoms with Gasteiger partial charge in [0.1, 0.15) is 5.82 Å². The van der Waals surface area contributed by atoms with Crippen LogP contribution in [0.5, 0.6) is 0 Å². The molecular formula is C21H16FN3O3S. The smallest absolute Gasteiger partial charge is 0.293 e. The number of benzene rings is 2. The summed E-state index contributed by atoms with van der Waals surface area (Å²) in [7, 11) is 0. The molecule has 146 valence electrons. The summed E-state index contributed by atoms with van der Waals surface area (Å²) in [4.78, 5) is 37.9. The largest absolute Gasteiger partial charge is 0.350 e. The van der Waals surface area contributed by atoms with Crippen LogP contribution in [0, 0.1) is 17.1 Å². The molecule has 2 aromatic rings. The van der Waals surface area contributed by atoms with Gasteiger partial charge in [-0.25, -0.2) is 4.39 Å². The Bertz CT molecular complexity index is 1030. The summed E-state index contributed by atoms with van der Waals surface area (Å²) in [6, 6.07) is 14.6. The van der Waals surface area contributed by atoms with Crippen molar-refractivity contribution >= 4 is 34.9 Å². The lowest BCUT2D eigenvalue weighted by atomic mass is 10.1. The van der Waals surface area contributed by atoms with Crippen LogP contribution >= 0.6 is 11.8 Å². The van der Waals surface area contributed by atoms with Crippen molar-refractivity contribution in [1.29, 1.82) is 5.26 Å². The van der Waals surface area contributed by atoms with Crippen molar-refractivity contribution in [2.75, 3.05) is 13.1 Å². The van der Waals surface area contributed by atoms with Crippen LogP contribution in [0.4, 0.5) is 9.18 Å². The van der Waals surface area contributed by atoms with Crippen LogP contribution in [-0.4, -0.2) is 35.0 Å². The highest BCUT2D eigenvalue weighted by molar-refractivity contribution is 8.18. The quantitative estimate of drug-likeness (QED) is 0.739. The van der Waals surface area contributed by atoms with Gasteiger partial charge in [-0.1, -0.05) is 30.3 Å². The highest BCUT2D eigenvalue weighted by atomic mass is 32.2. The van der Waals surface area contributed by atoms with E-state index in [1.54, 1.807) is 30.3 Å². The van der Waals surface area contributed by atoms with Crippen LogP contribution in [0.25, 0.3) is 6.08 Å². The molecule has 2 aromatic carbocycles. The topological polar surface area (TPSA) is 90.3 Å². The minimum absolute atomic E-state index is 0.0114. The van der Waals surface area contributed by atoms with E-state index in [1.807, 2.05) is 6.07 Å². The van der Waals surface area contributed by atoms with Crippen LogP contribution in [0.1, 0.15) is 21.5 Å². The van der Waals surface area contributed by atoms with Crippen molar-refractivity contribution in [1.82, 2.24) is 10.2 Å². The summed E-state index contributed by atoms with van der Waals surface area (Å²) in [6.07, 6.45) is 1.61. The average Bonchev–Trinajstić information content (AvgIpc) is 2.98. The lowest BCUT2D eigenvalue weighted by Gasteiger charge is -2.13. The van der Waals surface area contributed by atoms with Crippen molar-refractivity contribution in [3.63, 3.8) is 0 Å². The molecule has 1 aliphatic heterocycles. The van der Waals surface area contributed by atoms with E-state index in [4.69, 9.17) is 5.26 Å². The highest BCUT2D eigenvalue weighted by Crippen LogP contribution is 2.32. The van der Waals surface area contributed by atoms with Crippen molar-refractivity contribution < 1.29 is 18.8 Å². The Balaban J connectivity index is 1.57. The van der Waals surface area contributed by atoms with E-state index in [9.17, 15) is 18.8 Å². The Morgan fingerprint density at radius 3 is 2.59 bits per heavy atom. The van der Waals surface area contributed by atoms with Crippen molar-refractivity contribution in [2.24, 2.45) is 0 Å². The van der Waals surface area contributed by atoms with Crippen molar-refractivity contribution in [3.05, 3.63) is 75.9 Å². The van der Waals surface area contributed by atoms with Gasteiger partial charge in [0, 0.05) is 24.2 Å². The molecule has 0 saturated carbocycles. The second-order valence-corrected chi connectivity index (χ2v) is 7.14. The predicted octanol–water partition coefficient (Wildman–Crippen LogP) is 3.36.